The Labute approximate surface area is 294 Å². The maximum absolute atomic E-state index is 2.56. The van der Waals surface area contributed by atoms with Gasteiger partial charge in [0.15, 0.2) is 0 Å². The first-order valence-electron chi connectivity index (χ1n) is 17.7. The van der Waals surface area contributed by atoms with E-state index in [-0.39, 0.29) is 16.2 Å². The molecule has 1 heteroatoms. The summed E-state index contributed by atoms with van der Waals surface area (Å²) in [5, 5.41) is 1.33. The van der Waals surface area contributed by atoms with Gasteiger partial charge in [0.05, 0.1) is 0 Å². The van der Waals surface area contributed by atoms with Crippen LogP contribution in [0.15, 0.2) is 115 Å². The summed E-state index contributed by atoms with van der Waals surface area (Å²) in [5.74, 6) is 0. The van der Waals surface area contributed by atoms with Gasteiger partial charge in [-0.25, -0.2) is 0 Å². The molecule has 3 aliphatic carbocycles. The molecule has 0 amide bonds. The van der Waals surface area contributed by atoms with Gasteiger partial charge in [-0.2, -0.15) is 0 Å². The van der Waals surface area contributed by atoms with E-state index in [0.29, 0.717) is 0 Å². The van der Waals surface area contributed by atoms with E-state index in [0.717, 1.165) is 0 Å². The first-order valence-corrected chi connectivity index (χ1v) is 18.5. The van der Waals surface area contributed by atoms with E-state index in [2.05, 4.69) is 164 Å². The first kappa shape index (κ1) is 29.2. The van der Waals surface area contributed by atoms with Gasteiger partial charge in [0.1, 0.15) is 0 Å². The normalized spacial score (nSPS) is 16.6. The molecular formula is C48H40S. The Bertz CT molecular complexity index is 2530. The van der Waals surface area contributed by atoms with E-state index in [1.807, 2.05) is 11.3 Å². The fourth-order valence-corrected chi connectivity index (χ4v) is 10.4. The van der Waals surface area contributed by atoms with Crippen molar-refractivity contribution in [3.63, 3.8) is 0 Å². The minimum atomic E-state index is -0.0899. The van der Waals surface area contributed by atoms with Crippen molar-refractivity contribution in [1.82, 2.24) is 0 Å². The summed E-state index contributed by atoms with van der Waals surface area (Å²) in [6.07, 6.45) is 0. The molecule has 0 aliphatic heterocycles. The SMILES string of the molecule is Cc1ccc(-c2ccc3c(c2)C(C)(C)c2cc4c(cc2-3)C(C)(C)c2cc3c(cc2-4)C(C)(C)c2cc(-c4cc5ccccc5s4)ccc2-3)cc1. The van der Waals surface area contributed by atoms with Crippen LogP contribution in [0.1, 0.15) is 80.5 Å². The topological polar surface area (TPSA) is 0 Å². The monoisotopic (exact) mass is 648 g/mol. The fraction of sp³-hybridized carbons (Fsp3) is 0.208. The van der Waals surface area contributed by atoms with E-state index >= 15 is 0 Å². The van der Waals surface area contributed by atoms with Crippen LogP contribution in [-0.4, -0.2) is 0 Å². The Morgan fingerprint density at radius 2 is 0.816 bits per heavy atom. The molecule has 3 aliphatic rings. The van der Waals surface area contributed by atoms with Crippen molar-refractivity contribution in [2.75, 3.05) is 0 Å². The van der Waals surface area contributed by atoms with Gasteiger partial charge < -0.3 is 0 Å². The third kappa shape index (κ3) is 3.86. The van der Waals surface area contributed by atoms with Gasteiger partial charge >= 0.3 is 0 Å². The number of hydrogen-bond acceptors (Lipinski definition) is 1. The Morgan fingerprint density at radius 1 is 0.388 bits per heavy atom. The van der Waals surface area contributed by atoms with Crippen LogP contribution < -0.4 is 0 Å². The molecule has 7 aromatic rings. The smallest absolute Gasteiger partial charge is 0.0355 e. The van der Waals surface area contributed by atoms with Crippen LogP contribution in [0.2, 0.25) is 0 Å². The average Bonchev–Trinajstić information content (AvgIpc) is 3.76. The highest BCUT2D eigenvalue weighted by atomic mass is 32.1. The number of fused-ring (bicyclic) bond motifs is 10. The van der Waals surface area contributed by atoms with Crippen molar-refractivity contribution in [3.05, 3.63) is 154 Å². The lowest BCUT2D eigenvalue weighted by Gasteiger charge is -2.25. The van der Waals surface area contributed by atoms with Crippen LogP contribution in [0.4, 0.5) is 0 Å². The highest BCUT2D eigenvalue weighted by Gasteiger charge is 2.44. The molecule has 49 heavy (non-hydrogen) atoms. The summed E-state index contributed by atoms with van der Waals surface area (Å²) in [6, 6.07) is 44.6. The Hall–Kier alpha value is -4.72. The minimum absolute atomic E-state index is 0.0808. The molecule has 0 fully saturated rings. The van der Waals surface area contributed by atoms with Crippen LogP contribution in [-0.2, 0) is 16.2 Å². The van der Waals surface area contributed by atoms with Gasteiger partial charge in [-0.3, -0.25) is 0 Å². The molecule has 1 aromatic heterocycles. The third-order valence-electron chi connectivity index (χ3n) is 12.4. The largest absolute Gasteiger partial charge is 0.135 e. The van der Waals surface area contributed by atoms with Crippen molar-refractivity contribution < 1.29 is 0 Å². The number of benzene rings is 6. The molecular weight excluding hydrogens is 609 g/mol. The predicted molar refractivity (Wildman–Crippen MR) is 210 cm³/mol. The Kier molecular flexibility index (Phi) is 5.66. The summed E-state index contributed by atoms with van der Waals surface area (Å²) in [5.41, 5.74) is 22.0. The lowest BCUT2D eigenvalue weighted by molar-refractivity contribution is 0.649. The number of thiophene rings is 1. The standard InChI is InChI=1S/C48H40S/c1-27-12-14-28(15-13-27)29-16-18-32-34-23-42-36(25-40(34)46(2,3)38(32)20-29)37-26-41-35(24-43(37)48(42,6)7)33-19-17-31(21-39(33)47(41,4)5)45-22-30-10-8-9-11-44(30)49-45/h8-26H,1-7H3. The predicted octanol–water partition coefficient (Wildman–Crippen LogP) is 13.5. The van der Waals surface area contributed by atoms with Gasteiger partial charge in [0.25, 0.3) is 0 Å². The van der Waals surface area contributed by atoms with E-state index in [9.17, 15) is 0 Å². The summed E-state index contributed by atoms with van der Waals surface area (Å²) >= 11 is 1.89. The van der Waals surface area contributed by atoms with Gasteiger partial charge in [-0.15, -0.1) is 11.3 Å². The molecule has 238 valence electrons. The molecule has 0 spiro atoms. The Morgan fingerprint density at radius 3 is 1.35 bits per heavy atom. The van der Waals surface area contributed by atoms with E-state index in [1.165, 1.54) is 104 Å². The number of hydrogen-bond donors (Lipinski definition) is 0. The zero-order valence-corrected chi connectivity index (χ0v) is 30.2. The van der Waals surface area contributed by atoms with Crippen molar-refractivity contribution >= 4 is 21.4 Å². The molecule has 0 atom stereocenters. The summed E-state index contributed by atoms with van der Waals surface area (Å²) in [7, 11) is 0. The lowest BCUT2D eigenvalue weighted by atomic mass is 9.78. The van der Waals surface area contributed by atoms with Crippen molar-refractivity contribution in [1.29, 1.82) is 0 Å². The van der Waals surface area contributed by atoms with Crippen LogP contribution in [0, 0.1) is 6.92 Å². The second kappa shape index (κ2) is 9.49. The second-order valence-corrected chi connectivity index (χ2v) is 17.4. The van der Waals surface area contributed by atoms with Crippen molar-refractivity contribution in [2.45, 2.75) is 64.7 Å². The van der Waals surface area contributed by atoms with Crippen molar-refractivity contribution in [3.8, 4) is 54.9 Å². The van der Waals surface area contributed by atoms with Crippen LogP contribution >= 0.6 is 11.3 Å². The number of aryl methyl sites for hydroxylation is 1. The molecule has 6 aromatic carbocycles. The Balaban J connectivity index is 1.09. The molecule has 0 saturated heterocycles. The first-order chi connectivity index (χ1) is 23.4. The summed E-state index contributed by atoms with van der Waals surface area (Å²) < 4.78 is 1.35. The van der Waals surface area contributed by atoms with Gasteiger partial charge in [0, 0.05) is 25.8 Å². The lowest BCUT2D eigenvalue weighted by Crippen LogP contribution is -2.17. The summed E-state index contributed by atoms with van der Waals surface area (Å²) in [4.78, 5) is 1.34. The molecule has 0 nitrogen and oxygen atoms in total. The second-order valence-electron chi connectivity index (χ2n) is 16.3. The minimum Gasteiger partial charge on any atom is -0.135 e. The van der Waals surface area contributed by atoms with Crippen LogP contribution in [0.5, 0.6) is 0 Å². The quantitative estimate of drug-likeness (QED) is 0.175. The van der Waals surface area contributed by atoms with Gasteiger partial charge in [-0.1, -0.05) is 114 Å². The van der Waals surface area contributed by atoms with E-state index in [4.69, 9.17) is 0 Å². The molecule has 0 radical (unpaired) electrons. The van der Waals surface area contributed by atoms with Gasteiger partial charge in [-0.05, 0) is 144 Å². The maximum Gasteiger partial charge on any atom is 0.0355 e. The van der Waals surface area contributed by atoms with Crippen LogP contribution in [0.25, 0.3) is 65.0 Å². The van der Waals surface area contributed by atoms with E-state index in [1.54, 1.807) is 0 Å². The molecule has 10 rings (SSSR count). The van der Waals surface area contributed by atoms with Gasteiger partial charge in [0.2, 0.25) is 0 Å². The molecule has 0 saturated carbocycles. The molecule has 0 bridgehead atoms. The maximum atomic E-state index is 2.56. The fourth-order valence-electron chi connectivity index (χ4n) is 9.39. The highest BCUT2D eigenvalue weighted by Crippen LogP contribution is 2.59. The zero-order valence-electron chi connectivity index (χ0n) is 29.4. The summed E-state index contributed by atoms with van der Waals surface area (Å²) in [6.45, 7) is 16.7. The zero-order chi connectivity index (χ0) is 33.6. The molecule has 0 unspecified atom stereocenters. The number of rotatable bonds is 2. The van der Waals surface area contributed by atoms with Crippen LogP contribution in [0.3, 0.4) is 0 Å². The molecule has 0 N–H and O–H groups in total. The third-order valence-corrected chi connectivity index (χ3v) is 13.5. The van der Waals surface area contributed by atoms with E-state index < -0.39 is 0 Å². The van der Waals surface area contributed by atoms with Crippen molar-refractivity contribution in [2.24, 2.45) is 0 Å². The molecule has 1 heterocycles. The highest BCUT2D eigenvalue weighted by molar-refractivity contribution is 7.22. The average molecular weight is 649 g/mol.